The Morgan fingerprint density at radius 1 is 1.16 bits per heavy atom. The van der Waals surface area contributed by atoms with Gasteiger partial charge in [-0.3, -0.25) is 9.69 Å². The summed E-state index contributed by atoms with van der Waals surface area (Å²) in [7, 11) is -2.99. The van der Waals surface area contributed by atoms with E-state index in [2.05, 4.69) is 15.7 Å². The monoisotopic (exact) mass is 719 g/mol. The number of rotatable bonds is 10. The molecule has 14 heteroatoms. The van der Waals surface area contributed by atoms with E-state index in [1.54, 1.807) is 26.8 Å². The fourth-order valence-electron chi connectivity index (χ4n) is 6.88. The number of carboxylic acid groups (broad SMARTS) is 1. The number of likely N-dealkylation sites (N-methyl/N-ethyl adjacent to an activating group) is 1. The van der Waals surface area contributed by atoms with E-state index in [-0.39, 0.29) is 28.8 Å². The number of carbonyl (C=O) groups excluding carboxylic acids is 2. The van der Waals surface area contributed by atoms with Gasteiger partial charge in [-0.1, -0.05) is 17.7 Å². The second-order valence-corrected chi connectivity index (χ2v) is 16.6. The van der Waals surface area contributed by atoms with Crippen LogP contribution in [0.4, 0.5) is 10.5 Å². The zero-order valence-corrected chi connectivity index (χ0v) is 30.2. The van der Waals surface area contributed by atoms with E-state index in [1.165, 1.54) is 37.2 Å². The van der Waals surface area contributed by atoms with Crippen molar-refractivity contribution in [3.05, 3.63) is 52.5 Å². The molecule has 268 valence electrons. The lowest BCUT2D eigenvalue weighted by Crippen LogP contribution is -2.49. The number of nitrogens with zero attached hydrogens (tertiary/aromatic N) is 2. The molecule has 49 heavy (non-hydrogen) atoms. The maximum atomic E-state index is 13.6. The summed E-state index contributed by atoms with van der Waals surface area (Å²) in [6, 6.07) is 9.41. The molecule has 2 aromatic carbocycles. The third-order valence-corrected chi connectivity index (χ3v) is 11.4. The van der Waals surface area contributed by atoms with Crippen LogP contribution in [0.25, 0.3) is 0 Å². The molecule has 2 N–H and O–H groups in total. The lowest BCUT2D eigenvalue weighted by molar-refractivity contribution is -0.143. The molecule has 0 bridgehead atoms. The smallest absolute Gasteiger partial charge is 0.410 e. The second kappa shape index (κ2) is 14.4. The molecule has 1 unspecified atom stereocenters. The van der Waals surface area contributed by atoms with Gasteiger partial charge in [-0.2, -0.15) is 0 Å². The predicted octanol–water partition coefficient (Wildman–Crippen LogP) is 5.00. The van der Waals surface area contributed by atoms with Crippen molar-refractivity contribution in [2.24, 2.45) is 11.8 Å². The molecule has 0 saturated heterocycles. The van der Waals surface area contributed by atoms with Gasteiger partial charge in [0.15, 0.2) is 0 Å². The van der Waals surface area contributed by atoms with Crippen LogP contribution in [0.2, 0.25) is 5.02 Å². The molecule has 1 spiro atoms. The van der Waals surface area contributed by atoms with Crippen molar-refractivity contribution < 1.29 is 42.1 Å². The van der Waals surface area contributed by atoms with Crippen LogP contribution < -0.4 is 14.4 Å². The largest absolute Gasteiger partial charge is 0.490 e. The molecular weight excluding hydrogens is 674 g/mol. The number of hydrogen-bond acceptors (Lipinski definition) is 9. The summed E-state index contributed by atoms with van der Waals surface area (Å²) in [5, 5.41) is 9.71. The maximum Gasteiger partial charge on any atom is 0.410 e. The summed E-state index contributed by atoms with van der Waals surface area (Å²) in [4.78, 5) is 39.8. The first kappa shape index (κ1) is 36.7. The Balaban J connectivity index is 1.43. The second-order valence-electron chi connectivity index (χ2n) is 14.5. The molecule has 2 amide bonds. The Morgan fingerprint density at radius 3 is 2.57 bits per heavy atom. The average molecular weight is 720 g/mol. The van der Waals surface area contributed by atoms with E-state index in [4.69, 9.17) is 30.9 Å². The molecule has 1 fully saturated rings. The third-order valence-electron chi connectivity index (χ3n) is 9.78. The van der Waals surface area contributed by atoms with Crippen LogP contribution in [0.5, 0.6) is 5.75 Å². The van der Waals surface area contributed by atoms with Crippen LogP contribution in [-0.2, 0) is 40.9 Å². The topological polar surface area (TPSA) is 152 Å². The van der Waals surface area contributed by atoms with E-state index in [9.17, 15) is 22.8 Å². The summed E-state index contributed by atoms with van der Waals surface area (Å²) in [5.74, 6) is -1.02. The first-order chi connectivity index (χ1) is 23.0. The van der Waals surface area contributed by atoms with Gasteiger partial charge in [0.2, 0.25) is 0 Å². The van der Waals surface area contributed by atoms with Gasteiger partial charge in [-0.05, 0) is 113 Å². The van der Waals surface area contributed by atoms with E-state index in [0.717, 1.165) is 37.0 Å². The van der Waals surface area contributed by atoms with Gasteiger partial charge < -0.3 is 24.2 Å². The number of anilines is 1. The minimum Gasteiger partial charge on any atom is -0.490 e. The molecule has 1 aliphatic heterocycles. The van der Waals surface area contributed by atoms with Crippen LogP contribution in [-0.4, -0.2) is 88.0 Å². The van der Waals surface area contributed by atoms with Crippen LogP contribution in [0.1, 0.15) is 64.5 Å². The van der Waals surface area contributed by atoms with Gasteiger partial charge in [0.1, 0.15) is 24.0 Å². The van der Waals surface area contributed by atoms with Crippen molar-refractivity contribution in [2.45, 2.75) is 81.8 Å². The fraction of sp³-hybridized carbons (Fsp3) is 0.571. The number of hydrogen-bond donors (Lipinski definition) is 2. The highest BCUT2D eigenvalue weighted by Crippen LogP contribution is 2.46. The molecule has 3 aliphatic rings. The molecule has 0 radical (unpaired) electrons. The Bertz CT molecular complexity index is 1700. The van der Waals surface area contributed by atoms with Gasteiger partial charge in [0.05, 0.1) is 23.8 Å². The van der Waals surface area contributed by atoms with Crippen LogP contribution in [0.3, 0.4) is 0 Å². The van der Waals surface area contributed by atoms with Crippen molar-refractivity contribution in [2.75, 3.05) is 44.9 Å². The highest BCUT2D eigenvalue weighted by atomic mass is 35.5. The number of sulfonamides is 1. The number of fused-ring (bicyclic) bond motifs is 3. The van der Waals surface area contributed by atoms with E-state index >= 15 is 0 Å². The van der Waals surface area contributed by atoms with E-state index in [0.29, 0.717) is 42.8 Å². The first-order valence-corrected chi connectivity index (χ1v) is 18.5. The number of nitrogens with one attached hydrogen (secondary N) is 1. The normalized spacial score (nSPS) is 22.4. The Kier molecular flexibility index (Phi) is 10.8. The summed E-state index contributed by atoms with van der Waals surface area (Å²) >= 11 is 6.38. The van der Waals surface area contributed by atoms with E-state index < -0.39 is 39.6 Å². The van der Waals surface area contributed by atoms with Crippen LogP contribution in [0, 0.1) is 11.8 Å². The van der Waals surface area contributed by atoms with Gasteiger partial charge in [-0.15, -0.1) is 0 Å². The molecule has 2 aromatic rings. The summed E-state index contributed by atoms with van der Waals surface area (Å²) < 4.78 is 46.7. The van der Waals surface area contributed by atoms with Crippen LogP contribution >= 0.6 is 11.6 Å². The number of ether oxygens (including phenoxy) is 3. The van der Waals surface area contributed by atoms with Crippen molar-refractivity contribution in [1.82, 2.24) is 9.62 Å². The van der Waals surface area contributed by atoms with Crippen molar-refractivity contribution >= 4 is 45.3 Å². The highest BCUT2D eigenvalue weighted by molar-refractivity contribution is 7.90. The minimum atomic E-state index is -4.36. The number of aryl methyl sites for hydroxylation is 1. The summed E-state index contributed by atoms with van der Waals surface area (Å²) in [5.41, 5.74) is 1.75. The zero-order chi connectivity index (χ0) is 35.7. The third kappa shape index (κ3) is 8.43. The predicted molar refractivity (Wildman–Crippen MR) is 184 cm³/mol. The molecule has 1 saturated carbocycles. The fourth-order valence-corrected chi connectivity index (χ4v) is 8.15. The SMILES string of the molecule is CC(C(=O)NS(=O)(=O)c1ccc2c(c1)N(C[C@@H]1CC[C@H]1COCC(=O)O)C[C@@]1(CCCc3cc(Cl)ccc31)CO2)N(C)C(=O)OC(C)(C)C. The molecule has 2 aliphatic carbocycles. The van der Waals surface area contributed by atoms with E-state index in [1.807, 2.05) is 12.1 Å². The number of carbonyl (C=O) groups is 3. The summed E-state index contributed by atoms with van der Waals surface area (Å²) in [6.45, 7) is 8.01. The van der Waals surface area contributed by atoms with Gasteiger partial charge in [0, 0.05) is 30.6 Å². The molecule has 0 aromatic heterocycles. The first-order valence-electron chi connectivity index (χ1n) is 16.6. The molecule has 12 nitrogen and oxygen atoms in total. The molecule has 5 rings (SSSR count). The number of aliphatic carboxylic acids is 1. The van der Waals surface area contributed by atoms with Gasteiger partial charge in [-0.25, -0.2) is 22.7 Å². The standard InChI is InChI=1S/C35H46ClN3O9S/c1-22(38(5)33(43)48-34(2,3)4)32(42)37-49(44,45)27-11-13-30-29(16-27)39(17-24-8-9-25(24)18-46-19-31(40)41)20-35(21-47-30)14-6-7-23-15-26(36)10-12-28(23)35/h10-13,15-16,22,24-25H,6-9,14,17-21H2,1-5H3,(H,37,42)(H,40,41)/t22?,24-,25-,35-/m0/s1. The lowest BCUT2D eigenvalue weighted by Gasteiger charge is -2.44. The highest BCUT2D eigenvalue weighted by Gasteiger charge is 2.44. The molecule has 4 atom stereocenters. The lowest BCUT2D eigenvalue weighted by atomic mass is 9.69. The Labute approximate surface area is 293 Å². The number of amides is 2. The Morgan fingerprint density at radius 2 is 1.90 bits per heavy atom. The van der Waals surface area contributed by atoms with Gasteiger partial charge >= 0.3 is 12.1 Å². The molecule has 1 heterocycles. The number of carboxylic acids is 1. The number of halogens is 1. The molecular formula is C35H46ClN3O9S. The Hall–Kier alpha value is -3.55. The van der Waals surface area contributed by atoms with Crippen molar-refractivity contribution in [3.63, 3.8) is 0 Å². The average Bonchev–Trinajstić information content (AvgIpc) is 3.16. The zero-order valence-electron chi connectivity index (χ0n) is 28.7. The number of benzene rings is 2. The van der Waals surface area contributed by atoms with Crippen LogP contribution in [0.15, 0.2) is 41.3 Å². The summed E-state index contributed by atoms with van der Waals surface area (Å²) in [6.07, 6.45) is 3.78. The minimum absolute atomic E-state index is 0.123. The van der Waals surface area contributed by atoms with Crippen molar-refractivity contribution in [3.8, 4) is 5.75 Å². The quantitative estimate of drug-likeness (QED) is 0.343. The van der Waals surface area contributed by atoms with Gasteiger partial charge in [0.25, 0.3) is 15.9 Å². The maximum absolute atomic E-state index is 13.6. The van der Waals surface area contributed by atoms with Crippen molar-refractivity contribution in [1.29, 1.82) is 0 Å².